The number of esters is 1. The summed E-state index contributed by atoms with van der Waals surface area (Å²) in [5.41, 5.74) is 10.8. The van der Waals surface area contributed by atoms with Crippen molar-refractivity contribution < 1.29 is 14.3 Å². The summed E-state index contributed by atoms with van der Waals surface area (Å²) in [6.07, 6.45) is -0.0316. The number of hydrogen-bond donors (Lipinski definition) is 2. The van der Waals surface area contributed by atoms with Gasteiger partial charge in [-0.1, -0.05) is 17.7 Å². The van der Waals surface area contributed by atoms with E-state index in [9.17, 15) is 9.59 Å². The fourth-order valence-corrected chi connectivity index (χ4v) is 1.33. The van der Waals surface area contributed by atoms with E-state index in [1.165, 1.54) is 12.1 Å². The number of benzene rings is 1. The van der Waals surface area contributed by atoms with Crippen LogP contribution in [0.2, 0.25) is 5.02 Å². The van der Waals surface area contributed by atoms with E-state index in [0.29, 0.717) is 0 Å². The number of primary amides is 1. The summed E-state index contributed by atoms with van der Waals surface area (Å²) in [5, 5.41) is 0.212. The molecule has 0 saturated heterocycles. The molecule has 0 aliphatic heterocycles. The van der Waals surface area contributed by atoms with Gasteiger partial charge < -0.3 is 16.2 Å². The molecule has 86 valence electrons. The van der Waals surface area contributed by atoms with Gasteiger partial charge in [-0.15, -0.1) is 0 Å². The molecule has 16 heavy (non-hydrogen) atoms. The SMILES string of the molecule is NC(=O)CCOC(=O)c1c(N)cccc1Cl. The highest BCUT2D eigenvalue weighted by atomic mass is 35.5. The fraction of sp³-hybridized carbons (Fsp3) is 0.200. The van der Waals surface area contributed by atoms with Crippen LogP contribution < -0.4 is 11.5 Å². The van der Waals surface area contributed by atoms with Gasteiger partial charge in [-0.2, -0.15) is 0 Å². The Hall–Kier alpha value is -1.75. The minimum Gasteiger partial charge on any atom is -0.461 e. The Labute approximate surface area is 97.3 Å². The third-order valence-electron chi connectivity index (χ3n) is 1.83. The average Bonchev–Trinajstić information content (AvgIpc) is 2.16. The average molecular weight is 243 g/mol. The smallest absolute Gasteiger partial charge is 0.341 e. The molecule has 0 saturated carbocycles. The van der Waals surface area contributed by atoms with Crippen LogP contribution in [0, 0.1) is 0 Å². The van der Waals surface area contributed by atoms with Crippen LogP contribution in [0.25, 0.3) is 0 Å². The molecule has 6 heteroatoms. The molecule has 0 aromatic heterocycles. The zero-order valence-electron chi connectivity index (χ0n) is 8.40. The van der Waals surface area contributed by atoms with Crippen LogP contribution in [0.1, 0.15) is 16.8 Å². The molecule has 1 aromatic rings. The molecular weight excluding hydrogens is 232 g/mol. The minimum atomic E-state index is -0.663. The number of ether oxygens (including phenoxy) is 1. The number of nitrogen functional groups attached to an aromatic ring is 1. The largest absolute Gasteiger partial charge is 0.461 e. The van der Waals surface area contributed by atoms with Crippen molar-refractivity contribution in [3.63, 3.8) is 0 Å². The summed E-state index contributed by atoms with van der Waals surface area (Å²) in [6, 6.07) is 4.69. The molecule has 0 unspecified atom stereocenters. The molecule has 0 aliphatic rings. The van der Waals surface area contributed by atoms with Gasteiger partial charge in [0, 0.05) is 5.69 Å². The van der Waals surface area contributed by atoms with Gasteiger partial charge in [0.25, 0.3) is 0 Å². The van der Waals surface area contributed by atoms with Gasteiger partial charge in [0.2, 0.25) is 5.91 Å². The number of nitrogens with two attached hydrogens (primary N) is 2. The van der Waals surface area contributed by atoms with Crippen molar-refractivity contribution in [1.29, 1.82) is 0 Å². The lowest BCUT2D eigenvalue weighted by Gasteiger charge is -2.07. The molecule has 0 bridgehead atoms. The molecule has 0 spiro atoms. The summed E-state index contributed by atoms with van der Waals surface area (Å²) in [5.74, 6) is -1.20. The van der Waals surface area contributed by atoms with Gasteiger partial charge in [-0.25, -0.2) is 4.79 Å². The van der Waals surface area contributed by atoms with Crippen LogP contribution in [-0.2, 0) is 9.53 Å². The van der Waals surface area contributed by atoms with E-state index in [0.717, 1.165) is 0 Å². The second kappa shape index (κ2) is 5.37. The second-order valence-electron chi connectivity index (χ2n) is 3.06. The highest BCUT2D eigenvalue weighted by Crippen LogP contribution is 2.22. The Kier molecular flexibility index (Phi) is 4.13. The van der Waals surface area contributed by atoms with Crippen molar-refractivity contribution in [1.82, 2.24) is 0 Å². The summed E-state index contributed by atoms with van der Waals surface area (Å²) < 4.78 is 4.80. The number of carbonyl (C=O) groups is 2. The van der Waals surface area contributed by atoms with Gasteiger partial charge >= 0.3 is 5.97 Å². The minimum absolute atomic E-state index is 0.0316. The van der Waals surface area contributed by atoms with Crippen LogP contribution >= 0.6 is 11.6 Å². The highest BCUT2D eigenvalue weighted by molar-refractivity contribution is 6.34. The molecule has 0 radical (unpaired) electrons. The summed E-state index contributed by atoms with van der Waals surface area (Å²) >= 11 is 5.79. The monoisotopic (exact) mass is 242 g/mol. The number of halogens is 1. The number of rotatable bonds is 4. The van der Waals surface area contributed by atoms with Gasteiger partial charge in [0.1, 0.15) is 12.2 Å². The first-order valence-electron chi connectivity index (χ1n) is 4.51. The quantitative estimate of drug-likeness (QED) is 0.607. The van der Waals surface area contributed by atoms with Crippen LogP contribution in [0.15, 0.2) is 18.2 Å². The highest BCUT2D eigenvalue weighted by Gasteiger charge is 2.15. The van der Waals surface area contributed by atoms with E-state index < -0.39 is 11.9 Å². The first-order chi connectivity index (χ1) is 7.52. The maximum Gasteiger partial charge on any atom is 0.341 e. The molecule has 5 nitrogen and oxygen atoms in total. The lowest BCUT2D eigenvalue weighted by atomic mass is 10.2. The molecule has 1 aromatic carbocycles. The van der Waals surface area contributed by atoms with Crippen molar-refractivity contribution in [2.24, 2.45) is 5.73 Å². The van der Waals surface area contributed by atoms with Crippen LogP contribution in [0.3, 0.4) is 0 Å². The third-order valence-corrected chi connectivity index (χ3v) is 2.15. The lowest BCUT2D eigenvalue weighted by Crippen LogP contribution is -2.16. The number of anilines is 1. The normalized spacial score (nSPS) is 9.81. The van der Waals surface area contributed by atoms with Crippen LogP contribution in [0.5, 0.6) is 0 Å². The molecule has 1 amide bonds. The number of amides is 1. The van der Waals surface area contributed by atoms with Crippen molar-refractivity contribution in [3.8, 4) is 0 Å². The van der Waals surface area contributed by atoms with E-state index >= 15 is 0 Å². The number of hydrogen-bond acceptors (Lipinski definition) is 4. The summed E-state index contributed by atoms with van der Waals surface area (Å²) in [7, 11) is 0. The van der Waals surface area contributed by atoms with Gasteiger partial charge in [0.05, 0.1) is 11.4 Å². The Morgan fingerprint density at radius 3 is 2.62 bits per heavy atom. The van der Waals surface area contributed by atoms with E-state index in [2.05, 4.69) is 0 Å². The molecule has 0 fully saturated rings. The molecule has 4 N–H and O–H groups in total. The van der Waals surface area contributed by atoms with E-state index in [1.54, 1.807) is 6.07 Å². The van der Waals surface area contributed by atoms with Crippen LogP contribution in [-0.4, -0.2) is 18.5 Å². The third kappa shape index (κ3) is 3.13. The van der Waals surface area contributed by atoms with E-state index in [1.807, 2.05) is 0 Å². The van der Waals surface area contributed by atoms with E-state index in [4.69, 9.17) is 27.8 Å². The predicted molar refractivity (Wildman–Crippen MR) is 60.0 cm³/mol. The first-order valence-corrected chi connectivity index (χ1v) is 4.89. The first kappa shape index (κ1) is 12.3. The molecule has 0 atom stereocenters. The predicted octanol–water partition coefficient (Wildman–Crippen LogP) is 0.954. The Morgan fingerprint density at radius 1 is 1.38 bits per heavy atom. The van der Waals surface area contributed by atoms with Crippen molar-refractivity contribution >= 4 is 29.2 Å². The van der Waals surface area contributed by atoms with Crippen molar-refractivity contribution in [2.75, 3.05) is 12.3 Å². The molecule has 1 rings (SSSR count). The van der Waals surface area contributed by atoms with Crippen molar-refractivity contribution in [3.05, 3.63) is 28.8 Å². The Bertz CT molecular complexity index is 400. The molecular formula is C10H11ClN2O3. The van der Waals surface area contributed by atoms with Crippen molar-refractivity contribution in [2.45, 2.75) is 6.42 Å². The Morgan fingerprint density at radius 2 is 2.06 bits per heavy atom. The molecule has 0 heterocycles. The maximum absolute atomic E-state index is 11.5. The van der Waals surface area contributed by atoms with Crippen LogP contribution in [0.4, 0.5) is 5.69 Å². The zero-order chi connectivity index (χ0) is 12.1. The maximum atomic E-state index is 11.5. The van der Waals surface area contributed by atoms with E-state index in [-0.39, 0.29) is 29.3 Å². The fourth-order valence-electron chi connectivity index (χ4n) is 1.07. The van der Waals surface area contributed by atoms with Gasteiger partial charge in [-0.05, 0) is 12.1 Å². The van der Waals surface area contributed by atoms with Gasteiger partial charge in [0.15, 0.2) is 0 Å². The summed E-state index contributed by atoms with van der Waals surface area (Å²) in [6.45, 7) is -0.0845. The Balaban J connectivity index is 2.70. The standard InChI is InChI=1S/C10H11ClN2O3/c11-6-2-1-3-7(12)9(6)10(15)16-5-4-8(13)14/h1-3H,4-5,12H2,(H2,13,14). The van der Waals surface area contributed by atoms with Gasteiger partial charge in [-0.3, -0.25) is 4.79 Å². The summed E-state index contributed by atoms with van der Waals surface area (Å²) in [4.78, 5) is 22.0. The zero-order valence-corrected chi connectivity index (χ0v) is 9.16. The number of carbonyl (C=O) groups excluding carboxylic acids is 2. The topological polar surface area (TPSA) is 95.4 Å². The molecule has 0 aliphatic carbocycles. The lowest BCUT2D eigenvalue weighted by molar-refractivity contribution is -0.118. The second-order valence-corrected chi connectivity index (χ2v) is 3.46.